The summed E-state index contributed by atoms with van der Waals surface area (Å²) in [5, 5.41) is -0.151. The number of hydrazine groups is 1. The summed E-state index contributed by atoms with van der Waals surface area (Å²) in [5.74, 6) is 4.91. The zero-order valence-corrected chi connectivity index (χ0v) is 7.94. The molecule has 0 heterocycles. The molecular weight excluding hydrogens is 176 g/mol. The molecule has 72 valence electrons. The van der Waals surface area contributed by atoms with E-state index in [9.17, 15) is 8.42 Å². The van der Waals surface area contributed by atoms with Crippen LogP contribution >= 0.6 is 0 Å². The minimum atomic E-state index is -2.97. The Bertz CT molecular complexity index is 220. The Hall–Kier alpha value is -0.130. The monoisotopic (exact) mass is 192 g/mol. The van der Waals surface area contributed by atoms with E-state index in [-0.39, 0.29) is 11.1 Å². The highest BCUT2D eigenvalue weighted by molar-refractivity contribution is 7.91. The second-order valence-electron chi connectivity index (χ2n) is 3.27. The van der Waals surface area contributed by atoms with Gasteiger partial charge in [-0.05, 0) is 12.8 Å². The van der Waals surface area contributed by atoms with Crippen molar-refractivity contribution in [1.82, 2.24) is 5.43 Å². The molecule has 0 spiro atoms. The van der Waals surface area contributed by atoms with Gasteiger partial charge in [0, 0.05) is 0 Å². The molecule has 0 aliphatic heterocycles. The molecule has 0 radical (unpaired) electrons. The van der Waals surface area contributed by atoms with Crippen LogP contribution < -0.4 is 11.3 Å². The number of nitrogens with two attached hydrogens (primary N) is 1. The quantitative estimate of drug-likeness (QED) is 0.493. The van der Waals surface area contributed by atoms with E-state index in [2.05, 4.69) is 5.43 Å². The highest BCUT2D eigenvalue weighted by Gasteiger charge is 2.26. The van der Waals surface area contributed by atoms with Crippen LogP contribution in [0.15, 0.2) is 0 Å². The SMILES string of the molecule is NNCS(=O)(=O)C1CCCCC1. The number of hydrogen-bond acceptors (Lipinski definition) is 4. The average molecular weight is 192 g/mol. The third-order valence-electron chi connectivity index (χ3n) is 2.34. The van der Waals surface area contributed by atoms with Crippen molar-refractivity contribution in [2.24, 2.45) is 5.84 Å². The van der Waals surface area contributed by atoms with Crippen LogP contribution in [0.2, 0.25) is 0 Å². The van der Waals surface area contributed by atoms with Crippen LogP contribution in [-0.4, -0.2) is 19.5 Å². The van der Waals surface area contributed by atoms with Gasteiger partial charge < -0.3 is 0 Å². The van der Waals surface area contributed by atoms with Gasteiger partial charge in [0.25, 0.3) is 0 Å². The van der Waals surface area contributed by atoms with Crippen LogP contribution in [0.1, 0.15) is 32.1 Å². The zero-order chi connectivity index (χ0) is 9.03. The summed E-state index contributed by atoms with van der Waals surface area (Å²) in [7, 11) is -2.97. The molecule has 1 fully saturated rings. The predicted molar refractivity (Wildman–Crippen MR) is 48.0 cm³/mol. The molecule has 4 nitrogen and oxygen atoms in total. The molecule has 1 rings (SSSR count). The fourth-order valence-electron chi connectivity index (χ4n) is 1.66. The smallest absolute Gasteiger partial charge is 0.167 e. The van der Waals surface area contributed by atoms with Crippen LogP contribution in [0.4, 0.5) is 0 Å². The topological polar surface area (TPSA) is 72.2 Å². The van der Waals surface area contributed by atoms with Gasteiger partial charge in [-0.25, -0.2) is 13.8 Å². The van der Waals surface area contributed by atoms with Gasteiger partial charge in [0.15, 0.2) is 9.84 Å². The summed E-state index contributed by atoms with van der Waals surface area (Å²) in [6, 6.07) is 0. The molecule has 1 aliphatic rings. The maximum Gasteiger partial charge on any atom is 0.167 e. The lowest BCUT2D eigenvalue weighted by Gasteiger charge is -2.21. The van der Waals surface area contributed by atoms with E-state index in [0.717, 1.165) is 25.7 Å². The van der Waals surface area contributed by atoms with Crippen molar-refractivity contribution in [3.05, 3.63) is 0 Å². The highest BCUT2D eigenvalue weighted by Crippen LogP contribution is 2.23. The molecule has 0 unspecified atom stereocenters. The van der Waals surface area contributed by atoms with E-state index in [0.29, 0.717) is 0 Å². The second-order valence-corrected chi connectivity index (χ2v) is 5.55. The summed E-state index contributed by atoms with van der Waals surface area (Å²) in [6.07, 6.45) is 4.86. The van der Waals surface area contributed by atoms with E-state index in [1.54, 1.807) is 0 Å². The van der Waals surface area contributed by atoms with Crippen molar-refractivity contribution in [1.29, 1.82) is 0 Å². The molecule has 0 amide bonds. The first kappa shape index (κ1) is 9.95. The standard InChI is InChI=1S/C7H16N2O2S/c8-9-6-12(10,11)7-4-2-1-3-5-7/h7,9H,1-6,8H2. The summed E-state index contributed by atoms with van der Waals surface area (Å²) in [4.78, 5) is 0. The fraction of sp³-hybridized carbons (Fsp3) is 1.00. The lowest BCUT2D eigenvalue weighted by atomic mass is 10.0. The normalized spacial score (nSPS) is 21.1. The van der Waals surface area contributed by atoms with Gasteiger partial charge in [-0.1, -0.05) is 19.3 Å². The van der Waals surface area contributed by atoms with Gasteiger partial charge >= 0.3 is 0 Å². The average Bonchev–Trinajstić information content (AvgIpc) is 2.06. The van der Waals surface area contributed by atoms with Gasteiger partial charge in [-0.15, -0.1) is 0 Å². The maximum absolute atomic E-state index is 11.4. The fourth-order valence-corrected chi connectivity index (χ4v) is 3.18. The Morgan fingerprint density at radius 1 is 1.25 bits per heavy atom. The van der Waals surface area contributed by atoms with Gasteiger partial charge in [0.05, 0.1) is 5.25 Å². The van der Waals surface area contributed by atoms with Crippen LogP contribution in [0.5, 0.6) is 0 Å². The first-order chi connectivity index (χ1) is 5.67. The van der Waals surface area contributed by atoms with Crippen LogP contribution in [-0.2, 0) is 9.84 Å². The van der Waals surface area contributed by atoms with Crippen molar-refractivity contribution in [3.8, 4) is 0 Å². The molecule has 5 heteroatoms. The molecule has 0 aromatic carbocycles. The number of hydrogen-bond donors (Lipinski definition) is 2. The third kappa shape index (κ3) is 2.43. The summed E-state index contributed by atoms with van der Waals surface area (Å²) >= 11 is 0. The Morgan fingerprint density at radius 3 is 2.33 bits per heavy atom. The summed E-state index contributed by atoms with van der Waals surface area (Å²) < 4.78 is 22.9. The van der Waals surface area contributed by atoms with Crippen molar-refractivity contribution in [2.45, 2.75) is 37.4 Å². The predicted octanol–water partition coefficient (Wildman–Crippen LogP) is 0.155. The van der Waals surface area contributed by atoms with Crippen LogP contribution in [0.25, 0.3) is 0 Å². The Kier molecular flexibility index (Phi) is 3.49. The largest absolute Gasteiger partial charge is 0.271 e. The maximum atomic E-state index is 11.4. The molecule has 1 aliphatic carbocycles. The number of nitrogens with one attached hydrogen (secondary N) is 1. The molecule has 0 bridgehead atoms. The second kappa shape index (κ2) is 4.20. The lowest BCUT2D eigenvalue weighted by molar-refractivity contribution is 0.481. The van der Waals surface area contributed by atoms with E-state index in [4.69, 9.17) is 5.84 Å². The Labute approximate surface area is 73.4 Å². The zero-order valence-electron chi connectivity index (χ0n) is 7.12. The van der Waals surface area contributed by atoms with E-state index in [1.165, 1.54) is 6.42 Å². The van der Waals surface area contributed by atoms with E-state index >= 15 is 0 Å². The Morgan fingerprint density at radius 2 is 1.83 bits per heavy atom. The molecule has 0 saturated heterocycles. The van der Waals surface area contributed by atoms with Crippen molar-refractivity contribution in [2.75, 3.05) is 5.88 Å². The van der Waals surface area contributed by atoms with Crippen molar-refractivity contribution in [3.63, 3.8) is 0 Å². The summed E-state index contributed by atoms with van der Waals surface area (Å²) in [6.45, 7) is 0. The first-order valence-electron chi connectivity index (χ1n) is 4.32. The minimum absolute atomic E-state index is 0.0856. The molecule has 12 heavy (non-hydrogen) atoms. The molecule has 0 aromatic heterocycles. The van der Waals surface area contributed by atoms with Gasteiger partial charge in [0.1, 0.15) is 5.88 Å². The van der Waals surface area contributed by atoms with Crippen LogP contribution in [0.3, 0.4) is 0 Å². The number of rotatable bonds is 3. The molecule has 0 aromatic rings. The summed E-state index contributed by atoms with van der Waals surface area (Å²) in [5.41, 5.74) is 2.22. The lowest BCUT2D eigenvalue weighted by Crippen LogP contribution is -2.36. The highest BCUT2D eigenvalue weighted by atomic mass is 32.2. The number of sulfone groups is 1. The minimum Gasteiger partial charge on any atom is -0.271 e. The van der Waals surface area contributed by atoms with Gasteiger partial charge in [-0.2, -0.15) is 0 Å². The molecule has 3 N–H and O–H groups in total. The van der Waals surface area contributed by atoms with E-state index in [1.807, 2.05) is 0 Å². The van der Waals surface area contributed by atoms with Crippen molar-refractivity contribution < 1.29 is 8.42 Å². The molecule has 1 saturated carbocycles. The van der Waals surface area contributed by atoms with Gasteiger partial charge in [0.2, 0.25) is 0 Å². The third-order valence-corrected chi connectivity index (χ3v) is 4.40. The van der Waals surface area contributed by atoms with Crippen LogP contribution in [0, 0.1) is 0 Å². The van der Waals surface area contributed by atoms with E-state index < -0.39 is 9.84 Å². The Balaban J connectivity index is 2.54. The molecular formula is C7H16N2O2S. The van der Waals surface area contributed by atoms with Crippen molar-refractivity contribution >= 4 is 9.84 Å². The first-order valence-corrected chi connectivity index (χ1v) is 6.03. The van der Waals surface area contributed by atoms with Gasteiger partial charge in [-0.3, -0.25) is 5.84 Å². The molecule has 0 atom stereocenters.